The number of nitrogens with one attached hydrogen (secondary N) is 3. The summed E-state index contributed by atoms with van der Waals surface area (Å²) in [6, 6.07) is 13.5. The number of aromatic nitrogens is 2. The van der Waals surface area contributed by atoms with E-state index < -0.39 is 21.0 Å². The van der Waals surface area contributed by atoms with Crippen molar-refractivity contribution >= 4 is 27.5 Å². The SMILES string of the molecule is CNCc1ccc(C(=N)OC(=N)c2nc(-c3ccc(S(=O)(=O)C(C)CCOC)cc3)cnc2N)cc1. The molecule has 0 aliphatic carbocycles. The topological polar surface area (TPSA) is 164 Å². The van der Waals surface area contributed by atoms with Gasteiger partial charge < -0.3 is 20.5 Å². The van der Waals surface area contributed by atoms with Crippen molar-refractivity contribution in [1.82, 2.24) is 15.3 Å². The van der Waals surface area contributed by atoms with Gasteiger partial charge in [-0.05, 0) is 50.2 Å². The van der Waals surface area contributed by atoms with E-state index in [0.717, 1.165) is 5.56 Å². The summed E-state index contributed by atoms with van der Waals surface area (Å²) in [5, 5.41) is 19.0. The summed E-state index contributed by atoms with van der Waals surface area (Å²) in [6.07, 6.45) is 1.83. The summed E-state index contributed by atoms with van der Waals surface area (Å²) in [5.74, 6) is -0.663. The molecule has 0 bridgehead atoms. The van der Waals surface area contributed by atoms with E-state index in [0.29, 0.717) is 36.4 Å². The molecule has 3 rings (SSSR count). The number of ether oxygens (including phenoxy) is 2. The van der Waals surface area contributed by atoms with E-state index in [1.54, 1.807) is 31.2 Å². The van der Waals surface area contributed by atoms with Gasteiger partial charge in [-0.15, -0.1) is 0 Å². The highest BCUT2D eigenvalue weighted by atomic mass is 32.2. The second-order valence-corrected chi connectivity index (χ2v) is 10.5. The number of nitrogens with two attached hydrogens (primary N) is 1. The zero-order chi connectivity index (χ0) is 26.3. The van der Waals surface area contributed by atoms with Crippen molar-refractivity contribution in [1.29, 1.82) is 10.8 Å². The van der Waals surface area contributed by atoms with Crippen molar-refractivity contribution < 1.29 is 17.9 Å². The monoisotopic (exact) mass is 510 g/mol. The maximum absolute atomic E-state index is 12.8. The molecule has 190 valence electrons. The Morgan fingerprint density at radius 3 is 2.36 bits per heavy atom. The fraction of sp³-hybridized carbons (Fsp3) is 0.280. The van der Waals surface area contributed by atoms with Crippen LogP contribution in [0.15, 0.2) is 59.6 Å². The zero-order valence-corrected chi connectivity index (χ0v) is 21.2. The summed E-state index contributed by atoms with van der Waals surface area (Å²) in [6.45, 7) is 2.71. The minimum absolute atomic E-state index is 0.0195. The summed E-state index contributed by atoms with van der Waals surface area (Å²) in [4.78, 5) is 8.69. The molecule has 11 heteroatoms. The number of benzene rings is 2. The molecule has 5 N–H and O–H groups in total. The van der Waals surface area contributed by atoms with Crippen LogP contribution in [0.25, 0.3) is 11.3 Å². The fourth-order valence-electron chi connectivity index (χ4n) is 3.38. The van der Waals surface area contributed by atoms with Crippen molar-refractivity contribution in [2.45, 2.75) is 30.0 Å². The Hall–Kier alpha value is -3.67. The molecule has 0 amide bonds. The number of hydrogen-bond acceptors (Lipinski definition) is 10. The molecule has 3 aromatic rings. The summed E-state index contributed by atoms with van der Waals surface area (Å²) >= 11 is 0. The lowest BCUT2D eigenvalue weighted by atomic mass is 10.1. The summed E-state index contributed by atoms with van der Waals surface area (Å²) in [7, 11) is -0.119. The molecule has 1 heterocycles. The van der Waals surface area contributed by atoms with Crippen LogP contribution in [0.5, 0.6) is 0 Å². The molecule has 1 unspecified atom stereocenters. The first-order valence-electron chi connectivity index (χ1n) is 11.2. The van der Waals surface area contributed by atoms with Gasteiger partial charge in [-0.25, -0.2) is 18.4 Å². The van der Waals surface area contributed by atoms with Gasteiger partial charge in [0.15, 0.2) is 21.3 Å². The van der Waals surface area contributed by atoms with Crippen LogP contribution >= 0.6 is 0 Å². The van der Waals surface area contributed by atoms with Gasteiger partial charge in [0.2, 0.25) is 11.8 Å². The number of methoxy groups -OCH3 is 1. The highest BCUT2D eigenvalue weighted by Gasteiger charge is 2.23. The molecule has 1 aromatic heterocycles. The molecule has 36 heavy (non-hydrogen) atoms. The number of sulfone groups is 1. The minimum Gasteiger partial charge on any atom is -0.419 e. The molecule has 0 saturated carbocycles. The molecule has 0 fully saturated rings. The third kappa shape index (κ3) is 6.30. The highest BCUT2D eigenvalue weighted by molar-refractivity contribution is 7.92. The fourth-order valence-corrected chi connectivity index (χ4v) is 4.77. The minimum atomic E-state index is -3.50. The molecular formula is C25H30N6O4S. The predicted octanol–water partition coefficient (Wildman–Crippen LogP) is 3.01. The number of nitrogen functional groups attached to an aromatic ring is 1. The van der Waals surface area contributed by atoms with Crippen LogP contribution < -0.4 is 11.1 Å². The maximum atomic E-state index is 12.8. The normalized spacial score (nSPS) is 12.2. The first-order valence-corrected chi connectivity index (χ1v) is 12.8. The average Bonchev–Trinajstić information content (AvgIpc) is 2.88. The van der Waals surface area contributed by atoms with E-state index in [1.807, 2.05) is 19.2 Å². The third-order valence-corrected chi connectivity index (χ3v) is 7.78. The first-order chi connectivity index (χ1) is 17.2. The Labute approximate surface area is 210 Å². The van der Waals surface area contributed by atoms with Gasteiger partial charge in [-0.2, -0.15) is 0 Å². The Kier molecular flexibility index (Phi) is 8.86. The van der Waals surface area contributed by atoms with Gasteiger partial charge in [0, 0.05) is 31.4 Å². The quantitative estimate of drug-likeness (QED) is 0.239. The summed E-state index contributed by atoms with van der Waals surface area (Å²) in [5.41, 5.74) is 8.43. The highest BCUT2D eigenvalue weighted by Crippen LogP contribution is 2.24. The number of anilines is 1. The number of hydrogen-bond donors (Lipinski definition) is 4. The second-order valence-electron chi connectivity index (χ2n) is 8.14. The van der Waals surface area contributed by atoms with Crippen LogP contribution in [-0.2, 0) is 25.9 Å². The lowest BCUT2D eigenvalue weighted by Crippen LogP contribution is -2.19. The lowest BCUT2D eigenvalue weighted by molar-refractivity contribution is 0.194. The Morgan fingerprint density at radius 1 is 1.08 bits per heavy atom. The Balaban J connectivity index is 1.77. The molecular weight excluding hydrogens is 480 g/mol. The van der Waals surface area contributed by atoms with Crippen LogP contribution in [-0.4, -0.2) is 56.2 Å². The van der Waals surface area contributed by atoms with Crippen molar-refractivity contribution in [2.75, 3.05) is 26.5 Å². The Bertz CT molecular complexity index is 1330. The van der Waals surface area contributed by atoms with E-state index in [1.165, 1.54) is 25.4 Å². The zero-order valence-electron chi connectivity index (χ0n) is 20.4. The van der Waals surface area contributed by atoms with Crippen molar-refractivity contribution in [3.63, 3.8) is 0 Å². The molecule has 0 spiro atoms. The number of rotatable bonds is 10. The van der Waals surface area contributed by atoms with E-state index in [4.69, 9.17) is 26.0 Å². The van der Waals surface area contributed by atoms with Gasteiger partial charge in [-0.3, -0.25) is 10.8 Å². The predicted molar refractivity (Wildman–Crippen MR) is 139 cm³/mol. The van der Waals surface area contributed by atoms with Crippen LogP contribution in [0.4, 0.5) is 5.82 Å². The van der Waals surface area contributed by atoms with Gasteiger partial charge in [0.05, 0.1) is 22.0 Å². The Morgan fingerprint density at radius 2 is 1.75 bits per heavy atom. The van der Waals surface area contributed by atoms with E-state index in [-0.39, 0.29) is 22.3 Å². The van der Waals surface area contributed by atoms with E-state index in [9.17, 15) is 8.42 Å². The van der Waals surface area contributed by atoms with Gasteiger partial charge in [0.25, 0.3) is 0 Å². The lowest BCUT2D eigenvalue weighted by Gasteiger charge is -2.13. The molecule has 2 aromatic carbocycles. The molecule has 0 aliphatic heterocycles. The van der Waals surface area contributed by atoms with Crippen LogP contribution in [0, 0.1) is 10.8 Å². The number of nitrogens with zero attached hydrogens (tertiary/aromatic N) is 2. The summed E-state index contributed by atoms with van der Waals surface area (Å²) < 4.78 is 35.9. The van der Waals surface area contributed by atoms with Crippen LogP contribution in [0.1, 0.15) is 30.2 Å². The smallest absolute Gasteiger partial charge is 0.243 e. The van der Waals surface area contributed by atoms with Crippen molar-refractivity contribution in [3.8, 4) is 11.3 Å². The molecule has 0 radical (unpaired) electrons. The van der Waals surface area contributed by atoms with Crippen molar-refractivity contribution in [2.24, 2.45) is 0 Å². The van der Waals surface area contributed by atoms with Crippen LogP contribution in [0.2, 0.25) is 0 Å². The average molecular weight is 511 g/mol. The van der Waals surface area contributed by atoms with Crippen LogP contribution in [0.3, 0.4) is 0 Å². The second kappa shape index (κ2) is 11.8. The standard InChI is InChI=1S/C25H30N6O4S/c1-16(12-13-34-3)36(32,33)20-10-8-18(9-11-20)21-15-30-23(26)22(31-21)25(28)35-24(27)19-6-4-17(5-7-19)14-29-2/h4-11,15-16,27-29H,12-14H2,1-3H3,(H2,26,30). The third-order valence-electron chi connectivity index (χ3n) is 5.55. The van der Waals surface area contributed by atoms with Gasteiger partial charge in [-0.1, -0.05) is 24.3 Å². The largest absolute Gasteiger partial charge is 0.419 e. The maximum Gasteiger partial charge on any atom is 0.243 e. The molecule has 0 aliphatic rings. The first kappa shape index (κ1) is 26.9. The molecule has 1 atom stereocenters. The van der Waals surface area contributed by atoms with E-state index >= 15 is 0 Å². The van der Waals surface area contributed by atoms with E-state index in [2.05, 4.69) is 15.3 Å². The van der Waals surface area contributed by atoms with Crippen molar-refractivity contribution in [3.05, 3.63) is 71.5 Å². The van der Waals surface area contributed by atoms with Gasteiger partial charge >= 0.3 is 0 Å². The molecule has 10 nitrogen and oxygen atoms in total. The molecule has 0 saturated heterocycles. The van der Waals surface area contributed by atoms with Gasteiger partial charge in [0.1, 0.15) is 0 Å².